The first-order chi connectivity index (χ1) is 3.68. The van der Waals surface area contributed by atoms with Gasteiger partial charge in [0.25, 0.3) is 0 Å². The van der Waals surface area contributed by atoms with Gasteiger partial charge in [-0.1, -0.05) is 6.58 Å². The quantitative estimate of drug-likeness (QED) is 0.363. The summed E-state index contributed by atoms with van der Waals surface area (Å²) in [7, 11) is 0. The molecule has 0 aliphatic rings. The molecule has 0 aliphatic carbocycles. The Morgan fingerprint density at radius 1 is 1.88 bits per heavy atom. The van der Waals surface area contributed by atoms with E-state index in [0.29, 0.717) is 3.86 Å². The minimum atomic E-state index is -0.981. The van der Waals surface area contributed by atoms with Gasteiger partial charge in [0, 0.05) is 6.08 Å². The minimum absolute atomic E-state index is 0.389. The molecule has 0 fully saturated rings. The first-order valence-corrected chi connectivity index (χ1v) is 3.56. The van der Waals surface area contributed by atoms with E-state index in [1.54, 1.807) is 0 Å². The molecule has 0 radical (unpaired) electrons. The number of carboxylic acids is 1. The molecule has 0 atom stereocenters. The Morgan fingerprint density at radius 3 is 2.00 bits per heavy atom. The zero-order chi connectivity index (χ0) is 6.99. The Kier molecular flexibility index (Phi) is 14.1. The van der Waals surface area contributed by atoms with E-state index in [2.05, 4.69) is 6.58 Å². The fourth-order valence-corrected chi connectivity index (χ4v) is 0. The second-order valence-corrected chi connectivity index (χ2v) is 1.49. The summed E-state index contributed by atoms with van der Waals surface area (Å²) < 4.78 is 0.389. The average molecular weight is 126 g/mol. The predicted molar refractivity (Wildman–Crippen MR) is 30.7 cm³/mol. The Morgan fingerprint density at radius 2 is 2.00 bits per heavy atom. The Labute approximate surface area is 65.4 Å². The van der Waals surface area contributed by atoms with E-state index in [1.807, 2.05) is 0 Å². The summed E-state index contributed by atoms with van der Waals surface area (Å²) in [6.07, 6.45) is 0.833. The van der Waals surface area contributed by atoms with Gasteiger partial charge in [0.2, 0.25) is 0 Å². The van der Waals surface area contributed by atoms with Gasteiger partial charge < -0.3 is 5.11 Å². The van der Waals surface area contributed by atoms with Crippen molar-refractivity contribution >= 4 is 33.9 Å². The van der Waals surface area contributed by atoms with Crippen molar-refractivity contribution in [2.45, 2.75) is 0 Å². The number of aliphatic carboxylic acids is 1. The maximum absolute atomic E-state index is 9.25. The van der Waals surface area contributed by atoms with Crippen molar-refractivity contribution < 1.29 is 15.0 Å². The third-order valence-electron chi connectivity index (χ3n) is 0.175. The van der Waals surface area contributed by atoms with Gasteiger partial charge in [-0.3, -0.25) is 0 Å². The molecule has 0 aliphatic heterocycles. The summed E-state index contributed by atoms with van der Waals surface area (Å²) in [6, 6.07) is 0. The molecule has 0 aromatic rings. The number of carbonyl (C=O) groups is 1. The molecule has 0 aromatic heterocycles. The third-order valence-corrected chi connectivity index (χ3v) is 0.175. The van der Waals surface area contributed by atoms with Gasteiger partial charge in [-0.05, 0) is 0 Å². The number of hydrogen-bond donors (Lipinski definition) is 2. The maximum atomic E-state index is 9.25. The Bertz CT molecular complexity index is 71.7. The van der Waals surface area contributed by atoms with Gasteiger partial charge in [-0.15, -0.1) is 0 Å². The van der Waals surface area contributed by atoms with E-state index in [-0.39, 0.29) is 0 Å². The molecule has 3 nitrogen and oxygen atoms in total. The summed E-state index contributed by atoms with van der Waals surface area (Å²) in [5, 5.41) is 15.2. The van der Waals surface area contributed by atoms with Crippen molar-refractivity contribution in [1.82, 2.24) is 0 Å². The fourth-order valence-electron chi connectivity index (χ4n) is 0. The van der Waals surface area contributed by atoms with Crippen LogP contribution in [0.3, 0.4) is 0 Å². The van der Waals surface area contributed by atoms with E-state index in [4.69, 9.17) is 10.2 Å². The zero-order valence-corrected chi connectivity index (χ0v) is 6.79. The van der Waals surface area contributed by atoms with Crippen molar-refractivity contribution in [3.8, 4) is 0 Å². The van der Waals surface area contributed by atoms with E-state index in [9.17, 15) is 4.79 Å². The van der Waals surface area contributed by atoms with E-state index in [0.717, 1.165) is 34.0 Å². The zero-order valence-electron chi connectivity index (χ0n) is 4.79. The van der Waals surface area contributed by atoms with Crippen LogP contribution < -0.4 is 0 Å². The molecular formula is C4H7NaO3. The molecule has 42 valence electrons. The molecule has 0 aromatic carbocycles. The van der Waals surface area contributed by atoms with Crippen molar-refractivity contribution in [3.05, 3.63) is 12.7 Å². The normalized spacial score (nSPS) is 6.38. The number of aliphatic hydroxyl groups is 1. The number of hydrogen-bond acceptors (Lipinski definition) is 2. The predicted octanol–water partition coefficient (Wildman–Crippen LogP) is -0.638. The first kappa shape index (κ1) is 11.0. The molecule has 0 heterocycles. The van der Waals surface area contributed by atoms with Crippen molar-refractivity contribution in [2.24, 2.45) is 0 Å². The van der Waals surface area contributed by atoms with Crippen LogP contribution in [0.25, 0.3) is 0 Å². The molecule has 8 heavy (non-hydrogen) atoms. The summed E-state index contributed by atoms with van der Waals surface area (Å²) in [6.45, 7) is 2.96. The van der Waals surface area contributed by atoms with Crippen molar-refractivity contribution in [2.75, 3.05) is 3.86 Å². The van der Waals surface area contributed by atoms with E-state index >= 15 is 0 Å². The first-order valence-electron chi connectivity index (χ1n) is 2.15. The van der Waals surface area contributed by atoms with Crippen LogP contribution in [0.1, 0.15) is 0 Å². The van der Waals surface area contributed by atoms with Gasteiger partial charge in [-0.25, -0.2) is 4.79 Å². The van der Waals surface area contributed by atoms with Gasteiger partial charge in [0.1, 0.15) is 0 Å². The topological polar surface area (TPSA) is 57.5 Å². The molecule has 2 N–H and O–H groups in total. The van der Waals surface area contributed by atoms with Crippen LogP contribution in [0, 0.1) is 0 Å². The molecule has 0 bridgehead atoms. The number of carboxylic acid groups (broad SMARTS) is 1. The molecular weight excluding hydrogens is 119 g/mol. The van der Waals surface area contributed by atoms with E-state index < -0.39 is 5.97 Å². The number of rotatable bonds is 1. The van der Waals surface area contributed by atoms with Crippen LogP contribution in [0.15, 0.2) is 12.7 Å². The van der Waals surface area contributed by atoms with Crippen LogP contribution in [-0.2, 0) is 4.79 Å². The molecule has 0 rings (SSSR count). The van der Waals surface area contributed by atoms with Gasteiger partial charge in [0.15, 0.2) is 0 Å². The van der Waals surface area contributed by atoms with Crippen LogP contribution in [0.4, 0.5) is 0 Å². The van der Waals surface area contributed by atoms with Crippen LogP contribution in [0.2, 0.25) is 0 Å². The van der Waals surface area contributed by atoms with Crippen LogP contribution in [0.5, 0.6) is 0 Å². The van der Waals surface area contributed by atoms with Crippen molar-refractivity contribution in [1.29, 1.82) is 0 Å². The molecule has 4 heteroatoms. The average Bonchev–Trinajstić information content (AvgIpc) is 1.69. The third kappa shape index (κ3) is 35.0. The monoisotopic (exact) mass is 126 g/mol. The number of aliphatic hydroxyl groups excluding tert-OH is 1. The molecule has 0 saturated heterocycles. The van der Waals surface area contributed by atoms with Gasteiger partial charge in [-0.2, -0.15) is 0 Å². The Balaban J connectivity index is 0. The summed E-state index contributed by atoms with van der Waals surface area (Å²) in [4.78, 5) is 9.25. The van der Waals surface area contributed by atoms with Gasteiger partial charge in [0.05, 0.1) is 0 Å². The second-order valence-electron chi connectivity index (χ2n) is 0.859. The molecule has 0 unspecified atom stereocenters. The SMILES string of the molecule is C=CC(=O)O.O[CH2][Na]. The molecule has 0 amide bonds. The summed E-state index contributed by atoms with van der Waals surface area (Å²) in [5.74, 6) is -0.981. The Hall–Kier alpha value is 0.170. The van der Waals surface area contributed by atoms with Crippen LogP contribution >= 0.6 is 0 Å². The van der Waals surface area contributed by atoms with E-state index in [1.165, 1.54) is 0 Å². The fraction of sp³-hybridized carbons (Fsp3) is 0.250. The van der Waals surface area contributed by atoms with Crippen molar-refractivity contribution in [3.63, 3.8) is 0 Å². The summed E-state index contributed by atoms with van der Waals surface area (Å²) >= 11 is 0.924. The van der Waals surface area contributed by atoms with Gasteiger partial charge >= 0.3 is 42.9 Å². The second kappa shape index (κ2) is 10.2. The van der Waals surface area contributed by atoms with Crippen LogP contribution in [-0.4, -0.2) is 48.0 Å². The standard InChI is InChI=1S/C3H4O2.CH3O.Na/c1-2-3(4)5;1-2;/h2H,1H2,(H,4,5);2H,1H2;. The summed E-state index contributed by atoms with van der Waals surface area (Å²) in [5.41, 5.74) is 0. The molecule has 0 spiro atoms. The molecule has 0 saturated carbocycles.